The summed E-state index contributed by atoms with van der Waals surface area (Å²) in [4.78, 5) is 20.6. The average molecular weight is 649 g/mol. The number of carboxylic acid groups (broad SMARTS) is 2. The first-order chi connectivity index (χ1) is 19.5. The molecular weight excluding hydrogens is 618 g/mol. The summed E-state index contributed by atoms with van der Waals surface area (Å²) in [5, 5.41) is 39.6. The minimum absolute atomic E-state index is 0.148. The molecule has 0 fully saturated rings. The van der Waals surface area contributed by atoms with Crippen LogP contribution in [-0.4, -0.2) is 50.6 Å². The van der Waals surface area contributed by atoms with Crippen molar-refractivity contribution in [1.29, 1.82) is 0 Å². The van der Waals surface area contributed by atoms with Crippen LogP contribution >= 0.6 is 27.3 Å². The minimum Gasteiger partial charge on any atom is -0.547 e. The summed E-state index contributed by atoms with van der Waals surface area (Å²) in [5.74, 6) is -3.18. The third-order valence-corrected chi connectivity index (χ3v) is 7.30. The standard InChI is InChI=1S/C23H25BrN5OS.C4H6O6/c24-18-4-1-2-5-20(18)27-9-10-28-11-12-29(16-28)15-22(23-6-3-13-31-23)30-21-8-7-17(25)14-19(21)26;5-1(3(7)8)2(6)4(9)10/h1-8,11-14,16,22,27H,9-10,15,25-26H2;1-2,5-6H,(H,7,8)(H,9,10)/q+1;/p-1. The topological polar surface area (TPSA) is 200 Å². The van der Waals surface area contributed by atoms with Gasteiger partial charge in [-0.1, -0.05) is 18.2 Å². The van der Waals surface area contributed by atoms with Gasteiger partial charge in [-0.2, -0.15) is 0 Å². The van der Waals surface area contributed by atoms with E-state index in [2.05, 4.69) is 66.6 Å². The van der Waals surface area contributed by atoms with Gasteiger partial charge in [0.2, 0.25) is 6.33 Å². The predicted octanol–water partition coefficient (Wildman–Crippen LogP) is 1.24. The lowest BCUT2D eigenvalue weighted by atomic mass is 10.2. The normalized spacial score (nSPS) is 12.9. The fourth-order valence-electron chi connectivity index (χ4n) is 3.55. The molecule has 2 heterocycles. The monoisotopic (exact) mass is 647 g/mol. The highest BCUT2D eigenvalue weighted by molar-refractivity contribution is 9.10. The molecule has 218 valence electrons. The Balaban J connectivity index is 0.000000397. The zero-order chi connectivity index (χ0) is 29.9. The molecule has 0 aliphatic rings. The smallest absolute Gasteiger partial charge is 0.335 e. The van der Waals surface area contributed by atoms with Crippen LogP contribution in [0.5, 0.6) is 5.75 Å². The van der Waals surface area contributed by atoms with Crippen molar-refractivity contribution in [1.82, 2.24) is 4.57 Å². The Labute approximate surface area is 248 Å². The van der Waals surface area contributed by atoms with Crippen LogP contribution in [0.3, 0.4) is 0 Å². The summed E-state index contributed by atoms with van der Waals surface area (Å²) in [5.41, 5.74) is 14.2. The number of ether oxygens (including phenoxy) is 1. The molecule has 0 saturated carbocycles. The zero-order valence-corrected chi connectivity index (χ0v) is 24.1. The first-order valence-electron chi connectivity index (χ1n) is 12.2. The van der Waals surface area contributed by atoms with E-state index in [1.54, 1.807) is 23.5 Å². The number of nitrogens with two attached hydrogens (primary N) is 2. The van der Waals surface area contributed by atoms with E-state index in [-0.39, 0.29) is 6.10 Å². The Bertz CT molecular complexity index is 1420. The maximum Gasteiger partial charge on any atom is 0.335 e. The Morgan fingerprint density at radius 3 is 2.49 bits per heavy atom. The van der Waals surface area contributed by atoms with Gasteiger partial charge in [-0.3, -0.25) is 0 Å². The van der Waals surface area contributed by atoms with E-state index in [0.29, 0.717) is 23.7 Å². The third-order valence-electron chi connectivity index (χ3n) is 5.64. The first-order valence-corrected chi connectivity index (χ1v) is 13.9. The number of imidazole rings is 1. The summed E-state index contributed by atoms with van der Waals surface area (Å²) in [7, 11) is 0. The van der Waals surface area contributed by atoms with Crippen molar-refractivity contribution in [3.63, 3.8) is 0 Å². The molecule has 3 unspecified atom stereocenters. The van der Waals surface area contributed by atoms with Crippen molar-refractivity contribution in [2.24, 2.45) is 0 Å². The van der Waals surface area contributed by atoms with Crippen LogP contribution < -0.4 is 31.2 Å². The van der Waals surface area contributed by atoms with Crippen molar-refractivity contribution in [3.05, 3.63) is 88.0 Å². The largest absolute Gasteiger partial charge is 0.547 e. The van der Waals surface area contributed by atoms with Gasteiger partial charge < -0.3 is 46.7 Å². The van der Waals surface area contributed by atoms with Gasteiger partial charge >= 0.3 is 5.97 Å². The number of halogens is 1. The lowest BCUT2D eigenvalue weighted by molar-refractivity contribution is -0.693. The second-order valence-electron chi connectivity index (χ2n) is 8.72. The number of nitrogens with zero attached hydrogens (tertiary/aromatic N) is 2. The average Bonchev–Trinajstić information content (AvgIpc) is 3.63. The Kier molecular flexibility index (Phi) is 11.5. The molecule has 2 aromatic carbocycles. The molecule has 41 heavy (non-hydrogen) atoms. The van der Waals surface area contributed by atoms with Gasteiger partial charge in [-0.05, 0) is 57.7 Å². The highest BCUT2D eigenvalue weighted by Crippen LogP contribution is 2.31. The fourth-order valence-corrected chi connectivity index (χ4v) is 4.72. The Morgan fingerprint density at radius 1 is 1.12 bits per heavy atom. The lowest BCUT2D eigenvalue weighted by Crippen LogP contribution is -2.46. The van der Waals surface area contributed by atoms with E-state index >= 15 is 0 Å². The van der Waals surface area contributed by atoms with Crippen LogP contribution in [0.25, 0.3) is 0 Å². The van der Waals surface area contributed by atoms with Gasteiger partial charge in [0, 0.05) is 20.7 Å². The first kappa shape index (κ1) is 31.4. The van der Waals surface area contributed by atoms with Crippen LogP contribution in [0, 0.1) is 0 Å². The summed E-state index contributed by atoms with van der Waals surface area (Å²) in [6.07, 6.45) is 1.38. The maximum absolute atomic E-state index is 9.74. The molecule has 0 bridgehead atoms. The number of anilines is 3. The number of nitrogen functional groups attached to an aromatic ring is 2. The number of rotatable bonds is 12. The van der Waals surface area contributed by atoms with E-state index in [9.17, 15) is 14.7 Å². The molecular formula is C27H30BrN5O7S. The van der Waals surface area contributed by atoms with E-state index in [4.69, 9.17) is 31.5 Å². The van der Waals surface area contributed by atoms with Crippen molar-refractivity contribution in [3.8, 4) is 5.75 Å². The Hall–Kier alpha value is -4.11. The van der Waals surface area contributed by atoms with Crippen LogP contribution in [0.15, 0.2) is 83.2 Å². The molecule has 4 rings (SSSR count). The van der Waals surface area contributed by atoms with Crippen LogP contribution in [0.2, 0.25) is 0 Å². The fraction of sp³-hybridized carbons (Fsp3) is 0.222. The summed E-state index contributed by atoms with van der Waals surface area (Å²) in [6.45, 7) is 2.35. The number of aliphatic hydroxyl groups is 2. The number of thiophene rings is 1. The lowest BCUT2D eigenvalue weighted by Gasteiger charge is -2.18. The quantitative estimate of drug-likeness (QED) is 0.0960. The second kappa shape index (κ2) is 15.0. The number of carbonyl (C=O) groups is 2. The number of carboxylic acids is 2. The number of para-hydroxylation sites is 1. The molecule has 14 heteroatoms. The van der Waals surface area contributed by atoms with E-state index in [0.717, 1.165) is 28.1 Å². The van der Waals surface area contributed by atoms with Gasteiger partial charge in [-0.25, -0.2) is 13.9 Å². The number of aromatic nitrogens is 2. The molecule has 3 atom stereocenters. The van der Waals surface area contributed by atoms with Crippen LogP contribution in [0.1, 0.15) is 11.0 Å². The molecule has 0 radical (unpaired) electrons. The molecule has 4 aromatic rings. The van der Waals surface area contributed by atoms with Crippen molar-refractivity contribution in [2.45, 2.75) is 31.4 Å². The predicted molar refractivity (Wildman–Crippen MR) is 155 cm³/mol. The van der Waals surface area contributed by atoms with Crippen LogP contribution in [0.4, 0.5) is 17.1 Å². The second-order valence-corrected chi connectivity index (χ2v) is 10.6. The zero-order valence-electron chi connectivity index (χ0n) is 21.7. The molecule has 0 aliphatic carbocycles. The van der Waals surface area contributed by atoms with Gasteiger partial charge in [0.25, 0.3) is 0 Å². The van der Waals surface area contributed by atoms with Gasteiger partial charge in [0.1, 0.15) is 37.3 Å². The van der Waals surface area contributed by atoms with Crippen LogP contribution in [-0.2, 0) is 22.7 Å². The molecule has 0 spiro atoms. The maximum atomic E-state index is 9.74. The number of aliphatic hydroxyl groups excluding tert-OH is 2. The van der Waals surface area contributed by atoms with Crippen molar-refractivity contribution in [2.75, 3.05) is 23.3 Å². The number of carbonyl (C=O) groups excluding carboxylic acids is 1. The SMILES string of the molecule is Nc1ccc(OC(Cn2cc[n+](CCNc3ccccc3Br)c2)c2cccs2)c(N)c1.O=C([O-])C(O)C(O)C(=O)O. The molecule has 0 saturated heterocycles. The van der Waals surface area contributed by atoms with Gasteiger partial charge in [0.05, 0.1) is 18.2 Å². The third kappa shape index (κ3) is 9.49. The molecule has 0 amide bonds. The number of hydrogen-bond donors (Lipinski definition) is 6. The highest BCUT2D eigenvalue weighted by atomic mass is 79.9. The number of benzene rings is 2. The van der Waals surface area contributed by atoms with Gasteiger partial charge in [0.15, 0.2) is 12.2 Å². The number of nitrogens with one attached hydrogen (secondary N) is 1. The molecule has 8 N–H and O–H groups in total. The highest BCUT2D eigenvalue weighted by Gasteiger charge is 2.24. The minimum atomic E-state index is -2.38. The summed E-state index contributed by atoms with van der Waals surface area (Å²) >= 11 is 5.24. The van der Waals surface area contributed by atoms with Crippen molar-refractivity contribution < 1.29 is 39.3 Å². The van der Waals surface area contributed by atoms with E-state index in [1.807, 2.05) is 30.3 Å². The summed E-state index contributed by atoms with van der Waals surface area (Å²) < 4.78 is 11.7. The van der Waals surface area contributed by atoms with E-state index < -0.39 is 24.1 Å². The van der Waals surface area contributed by atoms with E-state index in [1.165, 1.54) is 0 Å². The Morgan fingerprint density at radius 2 is 1.88 bits per heavy atom. The number of hydrogen-bond acceptors (Lipinski definition) is 10. The van der Waals surface area contributed by atoms with Crippen molar-refractivity contribution >= 4 is 56.3 Å². The number of aliphatic carboxylic acids is 2. The molecule has 12 nitrogen and oxygen atoms in total. The van der Waals surface area contributed by atoms with Gasteiger partial charge in [-0.15, -0.1) is 11.3 Å². The summed E-state index contributed by atoms with van der Waals surface area (Å²) in [6, 6.07) is 17.6. The molecule has 0 aliphatic heterocycles. The molecule has 2 aromatic heterocycles.